The molecule has 19 heavy (non-hydrogen) atoms. The summed E-state index contributed by atoms with van der Waals surface area (Å²) in [5.74, 6) is 5.72. The second kappa shape index (κ2) is 5.93. The molecule has 0 aliphatic carbocycles. The lowest BCUT2D eigenvalue weighted by Gasteiger charge is -2.20. The second-order valence-electron chi connectivity index (χ2n) is 4.63. The van der Waals surface area contributed by atoms with Gasteiger partial charge in [0.25, 0.3) is 0 Å². The Labute approximate surface area is 123 Å². The average molecular weight is 295 g/mol. The van der Waals surface area contributed by atoms with E-state index in [1.165, 1.54) is 11.1 Å². The first kappa shape index (κ1) is 14.4. The van der Waals surface area contributed by atoms with Crippen LogP contribution in [0.5, 0.6) is 0 Å². The van der Waals surface area contributed by atoms with Crippen molar-refractivity contribution in [2.24, 2.45) is 5.84 Å². The Morgan fingerprint density at radius 2 is 1.74 bits per heavy atom. The molecule has 2 aromatic rings. The molecular formula is C15H16Cl2N2. The van der Waals surface area contributed by atoms with E-state index in [0.717, 1.165) is 11.1 Å². The number of hydrogen-bond donors (Lipinski definition) is 2. The van der Waals surface area contributed by atoms with Crippen molar-refractivity contribution in [2.45, 2.75) is 19.9 Å². The SMILES string of the molecule is Cc1ccc(C)c(C(NN)c2ccc(Cl)c(Cl)c2)c1. The molecule has 1 atom stereocenters. The highest BCUT2D eigenvalue weighted by Gasteiger charge is 2.15. The van der Waals surface area contributed by atoms with E-state index in [9.17, 15) is 0 Å². The molecule has 2 rings (SSSR count). The fourth-order valence-corrected chi connectivity index (χ4v) is 2.43. The predicted octanol–water partition coefficient (Wildman–Crippen LogP) is 4.16. The van der Waals surface area contributed by atoms with Crippen molar-refractivity contribution in [3.63, 3.8) is 0 Å². The van der Waals surface area contributed by atoms with Crippen molar-refractivity contribution in [3.8, 4) is 0 Å². The number of benzene rings is 2. The minimum atomic E-state index is -0.102. The van der Waals surface area contributed by atoms with Gasteiger partial charge in [0.15, 0.2) is 0 Å². The van der Waals surface area contributed by atoms with Crippen LogP contribution in [0.2, 0.25) is 10.0 Å². The fraction of sp³-hybridized carbons (Fsp3) is 0.200. The molecule has 2 nitrogen and oxygen atoms in total. The van der Waals surface area contributed by atoms with Gasteiger partial charge in [-0.2, -0.15) is 0 Å². The summed E-state index contributed by atoms with van der Waals surface area (Å²) in [6.07, 6.45) is 0. The van der Waals surface area contributed by atoms with Crippen LogP contribution in [0, 0.1) is 13.8 Å². The molecule has 0 spiro atoms. The van der Waals surface area contributed by atoms with Gasteiger partial charge in [0.1, 0.15) is 0 Å². The first-order valence-corrected chi connectivity index (χ1v) is 6.76. The van der Waals surface area contributed by atoms with E-state index in [2.05, 4.69) is 37.5 Å². The molecule has 0 aromatic heterocycles. The van der Waals surface area contributed by atoms with E-state index in [4.69, 9.17) is 29.0 Å². The third-order valence-corrected chi connectivity index (χ3v) is 3.93. The Hall–Kier alpha value is -1.06. The summed E-state index contributed by atoms with van der Waals surface area (Å²) in [4.78, 5) is 0. The van der Waals surface area contributed by atoms with E-state index in [1.807, 2.05) is 12.1 Å². The molecule has 2 aromatic carbocycles. The van der Waals surface area contributed by atoms with Crippen LogP contribution < -0.4 is 11.3 Å². The number of hydrogen-bond acceptors (Lipinski definition) is 2. The Morgan fingerprint density at radius 3 is 2.37 bits per heavy atom. The second-order valence-corrected chi connectivity index (χ2v) is 5.45. The minimum absolute atomic E-state index is 0.102. The van der Waals surface area contributed by atoms with Crippen LogP contribution in [0.25, 0.3) is 0 Å². The lowest BCUT2D eigenvalue weighted by molar-refractivity contribution is 0.633. The molecule has 0 radical (unpaired) electrons. The van der Waals surface area contributed by atoms with Crippen molar-refractivity contribution in [2.75, 3.05) is 0 Å². The molecule has 0 saturated heterocycles. The first-order chi connectivity index (χ1) is 9.02. The predicted molar refractivity (Wildman–Crippen MR) is 81.5 cm³/mol. The Kier molecular flexibility index (Phi) is 4.48. The number of halogens is 2. The molecule has 0 heterocycles. The molecule has 1 unspecified atom stereocenters. The third-order valence-electron chi connectivity index (χ3n) is 3.19. The monoisotopic (exact) mass is 294 g/mol. The van der Waals surface area contributed by atoms with Crippen molar-refractivity contribution in [1.82, 2.24) is 5.43 Å². The summed E-state index contributed by atoms with van der Waals surface area (Å²) in [6, 6.07) is 11.8. The van der Waals surface area contributed by atoms with E-state index in [1.54, 1.807) is 6.07 Å². The van der Waals surface area contributed by atoms with Crippen LogP contribution in [0.4, 0.5) is 0 Å². The van der Waals surface area contributed by atoms with Gasteiger partial charge >= 0.3 is 0 Å². The lowest BCUT2D eigenvalue weighted by Crippen LogP contribution is -2.29. The molecular weight excluding hydrogens is 279 g/mol. The van der Waals surface area contributed by atoms with Crippen molar-refractivity contribution >= 4 is 23.2 Å². The standard InChI is InChI=1S/C15H16Cl2N2/c1-9-3-4-10(2)12(7-9)15(19-18)11-5-6-13(16)14(17)8-11/h3-8,15,19H,18H2,1-2H3. The molecule has 0 fully saturated rings. The average Bonchev–Trinajstić information content (AvgIpc) is 2.38. The first-order valence-electron chi connectivity index (χ1n) is 6.01. The zero-order chi connectivity index (χ0) is 14.0. The van der Waals surface area contributed by atoms with Gasteiger partial charge in [-0.25, -0.2) is 5.43 Å². The van der Waals surface area contributed by atoms with Gasteiger partial charge in [-0.15, -0.1) is 0 Å². The zero-order valence-corrected chi connectivity index (χ0v) is 12.4. The molecule has 0 saturated carbocycles. The molecule has 0 aliphatic heterocycles. The van der Waals surface area contributed by atoms with E-state index < -0.39 is 0 Å². The van der Waals surface area contributed by atoms with Crippen LogP contribution in [-0.4, -0.2) is 0 Å². The summed E-state index contributed by atoms with van der Waals surface area (Å²) in [7, 11) is 0. The number of nitrogens with two attached hydrogens (primary N) is 1. The van der Waals surface area contributed by atoms with E-state index >= 15 is 0 Å². The molecule has 0 amide bonds. The quantitative estimate of drug-likeness (QED) is 0.659. The Bertz CT molecular complexity index is 597. The molecule has 3 N–H and O–H groups in total. The van der Waals surface area contributed by atoms with Gasteiger partial charge in [-0.05, 0) is 42.7 Å². The lowest BCUT2D eigenvalue weighted by atomic mass is 9.94. The van der Waals surface area contributed by atoms with Gasteiger partial charge in [-0.1, -0.05) is 53.0 Å². The number of rotatable bonds is 3. The van der Waals surface area contributed by atoms with Gasteiger partial charge in [0.05, 0.1) is 16.1 Å². The van der Waals surface area contributed by atoms with Crippen LogP contribution in [0.1, 0.15) is 28.3 Å². The smallest absolute Gasteiger partial charge is 0.0713 e. The minimum Gasteiger partial charge on any atom is -0.271 e. The van der Waals surface area contributed by atoms with E-state index in [-0.39, 0.29) is 6.04 Å². The molecule has 100 valence electrons. The summed E-state index contributed by atoms with van der Waals surface area (Å²) < 4.78 is 0. The fourth-order valence-electron chi connectivity index (χ4n) is 2.13. The molecule has 0 bridgehead atoms. The van der Waals surface area contributed by atoms with Crippen molar-refractivity contribution < 1.29 is 0 Å². The Morgan fingerprint density at radius 1 is 1.00 bits per heavy atom. The summed E-state index contributed by atoms with van der Waals surface area (Å²) >= 11 is 12.0. The summed E-state index contributed by atoms with van der Waals surface area (Å²) in [5, 5.41) is 1.08. The Balaban J connectivity index is 2.49. The van der Waals surface area contributed by atoms with Crippen LogP contribution in [0.3, 0.4) is 0 Å². The molecule has 0 aliphatic rings. The van der Waals surface area contributed by atoms with Crippen LogP contribution in [0.15, 0.2) is 36.4 Å². The van der Waals surface area contributed by atoms with Gasteiger partial charge in [-0.3, -0.25) is 5.84 Å². The maximum atomic E-state index is 6.07. The number of aryl methyl sites for hydroxylation is 2. The van der Waals surface area contributed by atoms with Gasteiger partial charge < -0.3 is 0 Å². The molecule has 4 heteroatoms. The summed E-state index contributed by atoms with van der Waals surface area (Å²) in [6.45, 7) is 4.13. The van der Waals surface area contributed by atoms with E-state index in [0.29, 0.717) is 10.0 Å². The van der Waals surface area contributed by atoms with Gasteiger partial charge in [0, 0.05) is 0 Å². The topological polar surface area (TPSA) is 38.0 Å². The highest BCUT2D eigenvalue weighted by molar-refractivity contribution is 6.42. The highest BCUT2D eigenvalue weighted by atomic mass is 35.5. The normalized spacial score (nSPS) is 12.5. The zero-order valence-electron chi connectivity index (χ0n) is 10.9. The van der Waals surface area contributed by atoms with Gasteiger partial charge in [0.2, 0.25) is 0 Å². The van der Waals surface area contributed by atoms with Crippen LogP contribution in [-0.2, 0) is 0 Å². The number of hydrazine groups is 1. The largest absolute Gasteiger partial charge is 0.271 e. The van der Waals surface area contributed by atoms with Crippen molar-refractivity contribution in [3.05, 3.63) is 68.7 Å². The maximum absolute atomic E-state index is 6.07. The third kappa shape index (κ3) is 3.10. The maximum Gasteiger partial charge on any atom is 0.0713 e. The van der Waals surface area contributed by atoms with Crippen molar-refractivity contribution in [1.29, 1.82) is 0 Å². The summed E-state index contributed by atoms with van der Waals surface area (Å²) in [5.41, 5.74) is 7.35. The highest BCUT2D eigenvalue weighted by Crippen LogP contribution is 2.30. The number of nitrogens with one attached hydrogen (secondary N) is 1. The van der Waals surface area contributed by atoms with Crippen LogP contribution >= 0.6 is 23.2 Å².